The van der Waals surface area contributed by atoms with E-state index < -0.39 is 6.09 Å². The Kier molecular flexibility index (Phi) is 1.14. The van der Waals surface area contributed by atoms with Gasteiger partial charge in [-0.05, 0) is 0 Å². The number of hydrogen-bond donors (Lipinski definition) is 1. The number of rotatable bonds is 0. The molecule has 0 aliphatic carbocycles. The van der Waals surface area contributed by atoms with Gasteiger partial charge in [0.2, 0.25) is 0 Å². The zero-order valence-corrected chi connectivity index (χ0v) is 2.21. The molecule has 0 heterocycles. The van der Waals surface area contributed by atoms with Gasteiger partial charge in [0.1, 0.15) is 0 Å². The van der Waals surface area contributed by atoms with Crippen molar-refractivity contribution in [2.24, 2.45) is 5.18 Å². The van der Waals surface area contributed by atoms with Crippen molar-refractivity contribution in [2.45, 2.75) is 0 Å². The van der Waals surface area contributed by atoms with Crippen molar-refractivity contribution in [3.8, 4) is 0 Å². The third-order valence-electron chi connectivity index (χ3n) is 0.0781. The lowest BCUT2D eigenvalue weighted by molar-refractivity contribution is 0.205. The zero-order chi connectivity index (χ0) is 4.28. The SMILES string of the molecule is O=NC(=O)O. The van der Waals surface area contributed by atoms with Crippen molar-refractivity contribution >= 4 is 6.09 Å². The summed E-state index contributed by atoms with van der Waals surface area (Å²) in [4.78, 5) is 17.5. The molecule has 28 valence electrons. The second-order valence-electron chi connectivity index (χ2n) is 0.374. The first-order valence-corrected chi connectivity index (χ1v) is 0.834. The first kappa shape index (κ1) is 4.07. The van der Waals surface area contributed by atoms with E-state index >= 15 is 0 Å². The molecule has 0 rings (SSSR count). The van der Waals surface area contributed by atoms with Gasteiger partial charge in [0.15, 0.2) is 0 Å². The number of nitroso groups, excluding NO2 is 1. The Morgan fingerprint density at radius 3 is 2.00 bits per heavy atom. The fourth-order valence-corrected chi connectivity index (χ4v) is 0. The predicted octanol–water partition coefficient (Wildman–Crippen LogP) is 0.431. The molecule has 0 radical (unpaired) electrons. The van der Waals surface area contributed by atoms with Crippen molar-refractivity contribution in [3.63, 3.8) is 0 Å². The Morgan fingerprint density at radius 1 is 1.80 bits per heavy atom. The molecule has 0 unspecified atom stereocenters. The average Bonchev–Trinajstić information content (AvgIpc) is 1.38. The van der Waals surface area contributed by atoms with E-state index in [9.17, 15) is 0 Å². The molecular weight excluding hydrogens is 74.0 g/mol. The second kappa shape index (κ2) is 1.40. The number of amides is 1. The van der Waals surface area contributed by atoms with Gasteiger partial charge in [0.25, 0.3) is 0 Å². The Balaban J connectivity index is 3.20. The quantitative estimate of drug-likeness (QED) is 0.424. The van der Waals surface area contributed by atoms with Crippen LogP contribution in [0.25, 0.3) is 0 Å². The number of hydrogen-bond acceptors (Lipinski definition) is 2. The summed E-state index contributed by atoms with van der Waals surface area (Å²) in [7, 11) is 0. The molecule has 1 amide bonds. The van der Waals surface area contributed by atoms with Gasteiger partial charge >= 0.3 is 6.09 Å². The lowest BCUT2D eigenvalue weighted by Crippen LogP contribution is -1.77. The largest absolute Gasteiger partial charge is 0.468 e. The molecule has 0 aromatic rings. The van der Waals surface area contributed by atoms with E-state index in [1.165, 1.54) is 0 Å². The van der Waals surface area contributed by atoms with E-state index in [2.05, 4.69) is 0 Å². The summed E-state index contributed by atoms with van der Waals surface area (Å²) in [5, 5.41) is 8.80. The minimum atomic E-state index is -1.68. The smallest absolute Gasteiger partial charge is 0.461 e. The van der Waals surface area contributed by atoms with E-state index in [4.69, 9.17) is 14.8 Å². The number of carboxylic acid groups (broad SMARTS) is 1. The maximum atomic E-state index is 8.89. The van der Waals surface area contributed by atoms with Crippen LogP contribution < -0.4 is 0 Å². The molecule has 0 aliphatic heterocycles. The molecular formula is CHNO3. The molecule has 0 saturated carbocycles. The van der Waals surface area contributed by atoms with Crippen LogP contribution in [0.4, 0.5) is 4.79 Å². The van der Waals surface area contributed by atoms with Crippen LogP contribution >= 0.6 is 0 Å². The fourth-order valence-electron chi connectivity index (χ4n) is 0. The van der Waals surface area contributed by atoms with Crippen LogP contribution in [-0.2, 0) is 0 Å². The van der Waals surface area contributed by atoms with E-state index in [1.54, 1.807) is 5.18 Å². The van der Waals surface area contributed by atoms with Crippen LogP contribution in [0.3, 0.4) is 0 Å². The fraction of sp³-hybridized carbons (Fsp3) is 0. The monoisotopic (exact) mass is 75.0 g/mol. The molecule has 0 atom stereocenters. The molecule has 0 spiro atoms. The van der Waals surface area contributed by atoms with Crippen LogP contribution in [0.2, 0.25) is 0 Å². The summed E-state index contributed by atoms with van der Waals surface area (Å²) < 4.78 is 0. The molecule has 4 nitrogen and oxygen atoms in total. The van der Waals surface area contributed by atoms with Gasteiger partial charge in [-0.25, -0.2) is 4.79 Å². The van der Waals surface area contributed by atoms with E-state index in [0.717, 1.165) is 0 Å². The van der Waals surface area contributed by atoms with Crippen LogP contribution in [0, 0.1) is 4.91 Å². The Bertz CT molecular complexity index is 57.9. The van der Waals surface area contributed by atoms with E-state index in [1.807, 2.05) is 0 Å². The Labute approximate surface area is 27.4 Å². The van der Waals surface area contributed by atoms with Crippen molar-refractivity contribution in [2.75, 3.05) is 0 Å². The molecule has 0 fully saturated rings. The van der Waals surface area contributed by atoms with Gasteiger partial charge in [-0.3, -0.25) is 0 Å². The van der Waals surface area contributed by atoms with Gasteiger partial charge in [-0.15, -0.1) is 4.91 Å². The minimum Gasteiger partial charge on any atom is -0.461 e. The molecule has 4 heteroatoms. The summed E-state index contributed by atoms with van der Waals surface area (Å²) >= 11 is 0. The van der Waals surface area contributed by atoms with Gasteiger partial charge < -0.3 is 5.11 Å². The van der Waals surface area contributed by atoms with Gasteiger partial charge in [-0.2, -0.15) is 0 Å². The topological polar surface area (TPSA) is 66.7 Å². The van der Waals surface area contributed by atoms with Gasteiger partial charge in [0.05, 0.1) is 5.18 Å². The van der Waals surface area contributed by atoms with Gasteiger partial charge in [-0.1, -0.05) is 0 Å². The van der Waals surface area contributed by atoms with Crippen molar-refractivity contribution in [3.05, 3.63) is 4.91 Å². The number of nitrogens with zero attached hydrogens (tertiary/aromatic N) is 1. The highest BCUT2D eigenvalue weighted by Gasteiger charge is 1.82. The highest BCUT2D eigenvalue weighted by molar-refractivity contribution is 5.64. The zero-order valence-electron chi connectivity index (χ0n) is 2.21. The maximum Gasteiger partial charge on any atom is 0.468 e. The molecule has 1 N–H and O–H groups in total. The summed E-state index contributed by atoms with van der Waals surface area (Å²) in [6, 6.07) is 0. The molecule has 0 aliphatic rings. The van der Waals surface area contributed by atoms with Crippen LogP contribution in [0.1, 0.15) is 0 Å². The Hall–Kier alpha value is -0.930. The second-order valence-corrected chi connectivity index (χ2v) is 0.374. The lowest BCUT2D eigenvalue weighted by atomic mass is 11.3. The van der Waals surface area contributed by atoms with Crippen LogP contribution in [0.15, 0.2) is 5.18 Å². The summed E-state index contributed by atoms with van der Waals surface area (Å²) in [6.07, 6.45) is -1.68. The van der Waals surface area contributed by atoms with E-state index in [0.29, 0.717) is 0 Å². The molecule has 0 aromatic heterocycles. The molecule has 0 aromatic carbocycles. The molecule has 5 heavy (non-hydrogen) atoms. The molecule has 0 saturated heterocycles. The van der Waals surface area contributed by atoms with Crippen LogP contribution in [-0.4, -0.2) is 11.2 Å². The third kappa shape index (κ3) is 3.07. The minimum absolute atomic E-state index is 1.56. The predicted molar refractivity (Wildman–Crippen MR) is 13.8 cm³/mol. The maximum absolute atomic E-state index is 8.89. The third-order valence-corrected chi connectivity index (χ3v) is 0.0781. The normalized spacial score (nSPS) is 6.40. The van der Waals surface area contributed by atoms with Crippen molar-refractivity contribution in [1.82, 2.24) is 0 Å². The van der Waals surface area contributed by atoms with E-state index in [-0.39, 0.29) is 0 Å². The van der Waals surface area contributed by atoms with Crippen molar-refractivity contribution in [1.29, 1.82) is 0 Å². The average molecular weight is 75.0 g/mol. The van der Waals surface area contributed by atoms with Crippen LogP contribution in [0.5, 0.6) is 0 Å². The summed E-state index contributed by atoms with van der Waals surface area (Å²) in [5.74, 6) is 0. The summed E-state index contributed by atoms with van der Waals surface area (Å²) in [6.45, 7) is 0. The lowest BCUT2D eigenvalue weighted by Gasteiger charge is -1.58. The molecule has 0 bridgehead atoms. The van der Waals surface area contributed by atoms with Crippen molar-refractivity contribution < 1.29 is 9.90 Å². The first-order chi connectivity index (χ1) is 2.27. The standard InChI is InChI=1S/CHNO3/c3-1(4)2-5/h(H,3,4). The Morgan fingerprint density at radius 2 is 2.00 bits per heavy atom. The number of carbonyl (C=O) groups is 1. The van der Waals surface area contributed by atoms with Gasteiger partial charge in [0, 0.05) is 0 Å². The first-order valence-electron chi connectivity index (χ1n) is 0.834. The highest BCUT2D eigenvalue weighted by Crippen LogP contribution is 1.61. The highest BCUT2D eigenvalue weighted by atomic mass is 16.4. The summed E-state index contributed by atoms with van der Waals surface area (Å²) in [5.41, 5.74) is 0.